The minimum Gasteiger partial charge on any atom is -0.481 e. The summed E-state index contributed by atoms with van der Waals surface area (Å²) < 4.78 is 11.1. The van der Waals surface area contributed by atoms with Gasteiger partial charge in [-0.3, -0.25) is 9.69 Å². The van der Waals surface area contributed by atoms with Crippen LogP contribution in [0.1, 0.15) is 19.2 Å². The van der Waals surface area contributed by atoms with Gasteiger partial charge in [-0.25, -0.2) is 0 Å². The highest BCUT2D eigenvalue weighted by Crippen LogP contribution is 2.21. The maximum absolute atomic E-state index is 12.7. The fourth-order valence-corrected chi connectivity index (χ4v) is 4.17. The number of ether oxygens (including phenoxy) is 1. The number of benzene rings is 1. The number of thiophene rings is 1. The molecule has 30 heavy (non-hydrogen) atoms. The summed E-state index contributed by atoms with van der Waals surface area (Å²) >= 11 is 1.61. The van der Waals surface area contributed by atoms with Gasteiger partial charge in [-0.15, -0.1) is 11.3 Å². The van der Waals surface area contributed by atoms with E-state index in [0.717, 1.165) is 56.2 Å². The Labute approximate surface area is 180 Å². The van der Waals surface area contributed by atoms with Gasteiger partial charge >= 0.3 is 0 Å². The van der Waals surface area contributed by atoms with Gasteiger partial charge in [0.05, 0.1) is 4.88 Å². The van der Waals surface area contributed by atoms with Crippen molar-refractivity contribution in [1.82, 2.24) is 19.9 Å². The van der Waals surface area contributed by atoms with Gasteiger partial charge in [0.25, 0.3) is 5.91 Å². The van der Waals surface area contributed by atoms with Crippen molar-refractivity contribution in [3.8, 4) is 16.5 Å². The molecule has 1 amide bonds. The highest BCUT2D eigenvalue weighted by molar-refractivity contribution is 7.13. The molecule has 0 spiro atoms. The molecular weight excluding hydrogens is 400 g/mol. The first-order chi connectivity index (χ1) is 14.7. The summed E-state index contributed by atoms with van der Waals surface area (Å²) in [5.41, 5.74) is 0. The van der Waals surface area contributed by atoms with E-state index >= 15 is 0 Å². The molecule has 2 aromatic heterocycles. The van der Waals surface area contributed by atoms with E-state index in [0.29, 0.717) is 11.7 Å². The highest BCUT2D eigenvalue weighted by atomic mass is 32.1. The Morgan fingerprint density at radius 1 is 1.17 bits per heavy atom. The van der Waals surface area contributed by atoms with Crippen LogP contribution in [0.4, 0.5) is 0 Å². The number of carbonyl (C=O) groups excluding carboxylic acids is 1. The van der Waals surface area contributed by atoms with Gasteiger partial charge in [0, 0.05) is 32.6 Å². The van der Waals surface area contributed by atoms with Crippen LogP contribution in [0.3, 0.4) is 0 Å². The van der Waals surface area contributed by atoms with Crippen molar-refractivity contribution >= 4 is 17.2 Å². The molecular formula is C22H26N4O3S. The molecule has 1 aliphatic heterocycles. The first-order valence-electron chi connectivity index (χ1n) is 10.3. The van der Waals surface area contributed by atoms with Gasteiger partial charge in [0.15, 0.2) is 6.10 Å². The van der Waals surface area contributed by atoms with Crippen molar-refractivity contribution in [2.45, 2.75) is 25.9 Å². The van der Waals surface area contributed by atoms with E-state index in [9.17, 15) is 4.79 Å². The summed E-state index contributed by atoms with van der Waals surface area (Å²) in [4.78, 5) is 22.4. The quantitative estimate of drug-likeness (QED) is 0.550. The smallest absolute Gasteiger partial charge is 0.263 e. The van der Waals surface area contributed by atoms with Crippen LogP contribution in [0, 0.1) is 0 Å². The summed E-state index contributed by atoms with van der Waals surface area (Å²) in [6.07, 6.45) is 1.24. The minimum absolute atomic E-state index is 0.0467. The molecule has 0 bridgehead atoms. The van der Waals surface area contributed by atoms with Crippen LogP contribution in [0.5, 0.6) is 5.75 Å². The van der Waals surface area contributed by atoms with Gasteiger partial charge in [-0.05, 0) is 43.5 Å². The Kier molecular flexibility index (Phi) is 6.76. The van der Waals surface area contributed by atoms with Gasteiger partial charge in [0.1, 0.15) is 5.75 Å². The van der Waals surface area contributed by atoms with Crippen LogP contribution >= 0.6 is 11.3 Å². The minimum atomic E-state index is -0.478. The van der Waals surface area contributed by atoms with Crippen LogP contribution < -0.4 is 4.74 Å². The third-order valence-electron chi connectivity index (χ3n) is 5.16. The number of piperazine rings is 1. The van der Waals surface area contributed by atoms with Crippen molar-refractivity contribution in [1.29, 1.82) is 0 Å². The van der Waals surface area contributed by atoms with E-state index in [2.05, 4.69) is 15.0 Å². The zero-order chi connectivity index (χ0) is 20.8. The number of nitrogens with zero attached hydrogens (tertiary/aromatic N) is 4. The lowest BCUT2D eigenvalue weighted by Crippen LogP contribution is -2.52. The standard InChI is InChI=1S/C22H26N4O3S/c1-17(28-18-7-3-2-4-8-18)22(27)26-14-12-25(13-15-26)11-5-10-20-23-21(24-29-20)19-9-6-16-30-19/h2-4,6-9,16-17H,5,10-15H2,1H3. The SMILES string of the molecule is CC(Oc1ccccc1)C(=O)N1CCN(CCCc2nc(-c3cccs3)no2)CC1. The fraction of sp³-hybridized carbons (Fsp3) is 0.409. The van der Waals surface area contributed by atoms with Gasteiger partial charge in [-0.1, -0.05) is 29.4 Å². The molecule has 1 aromatic carbocycles. The van der Waals surface area contributed by atoms with Crippen LogP contribution in [-0.2, 0) is 11.2 Å². The molecule has 0 aliphatic carbocycles. The Bertz CT molecular complexity index is 921. The maximum atomic E-state index is 12.7. The number of hydrogen-bond acceptors (Lipinski definition) is 7. The molecule has 7 nitrogen and oxygen atoms in total. The van der Waals surface area contributed by atoms with Crippen LogP contribution in [0.15, 0.2) is 52.4 Å². The Balaban J connectivity index is 1.17. The molecule has 1 unspecified atom stereocenters. The summed E-state index contributed by atoms with van der Waals surface area (Å²) in [5, 5.41) is 6.06. The van der Waals surface area contributed by atoms with Crippen molar-refractivity contribution in [3.05, 3.63) is 53.7 Å². The predicted octanol–water partition coefficient (Wildman–Crippen LogP) is 3.34. The number of aromatic nitrogens is 2. The number of carbonyl (C=O) groups is 1. The Morgan fingerprint density at radius 3 is 2.70 bits per heavy atom. The number of rotatable bonds is 8. The maximum Gasteiger partial charge on any atom is 0.263 e. The Hall–Kier alpha value is -2.71. The van der Waals surface area contributed by atoms with Crippen molar-refractivity contribution < 1.29 is 14.1 Å². The summed E-state index contributed by atoms with van der Waals surface area (Å²) in [5.74, 6) is 2.11. The molecule has 1 atom stereocenters. The van der Waals surface area contributed by atoms with E-state index in [-0.39, 0.29) is 5.91 Å². The zero-order valence-corrected chi connectivity index (χ0v) is 17.9. The second kappa shape index (κ2) is 9.86. The number of hydrogen-bond donors (Lipinski definition) is 0. The van der Waals surface area contributed by atoms with Gasteiger partial charge in [0.2, 0.25) is 11.7 Å². The van der Waals surface area contributed by atoms with E-state index in [4.69, 9.17) is 9.26 Å². The number of amides is 1. The first-order valence-corrected chi connectivity index (χ1v) is 11.2. The molecule has 0 N–H and O–H groups in total. The second-order valence-electron chi connectivity index (χ2n) is 7.33. The molecule has 158 valence electrons. The molecule has 0 radical (unpaired) electrons. The normalized spacial score (nSPS) is 15.8. The largest absolute Gasteiger partial charge is 0.481 e. The van der Waals surface area contributed by atoms with Crippen molar-refractivity contribution in [2.24, 2.45) is 0 Å². The molecule has 1 fully saturated rings. The van der Waals surface area contributed by atoms with E-state index in [1.54, 1.807) is 11.3 Å². The lowest BCUT2D eigenvalue weighted by atomic mass is 10.2. The van der Waals surface area contributed by atoms with Crippen LogP contribution in [0.25, 0.3) is 10.7 Å². The molecule has 1 saturated heterocycles. The molecule has 3 heterocycles. The molecule has 1 aliphatic rings. The average Bonchev–Trinajstić information content (AvgIpc) is 3.46. The van der Waals surface area contributed by atoms with Crippen LogP contribution in [-0.4, -0.2) is 64.7 Å². The summed E-state index contributed by atoms with van der Waals surface area (Å²) in [6.45, 7) is 5.96. The molecule has 3 aromatic rings. The van der Waals surface area contributed by atoms with E-state index in [1.165, 1.54) is 0 Å². The molecule has 0 saturated carbocycles. The third-order valence-corrected chi connectivity index (χ3v) is 6.03. The molecule has 8 heteroatoms. The topological polar surface area (TPSA) is 71.7 Å². The predicted molar refractivity (Wildman–Crippen MR) is 115 cm³/mol. The highest BCUT2D eigenvalue weighted by Gasteiger charge is 2.26. The van der Waals surface area contributed by atoms with Crippen molar-refractivity contribution in [3.63, 3.8) is 0 Å². The summed E-state index contributed by atoms with van der Waals surface area (Å²) in [7, 11) is 0. The van der Waals surface area contributed by atoms with Crippen molar-refractivity contribution in [2.75, 3.05) is 32.7 Å². The fourth-order valence-electron chi connectivity index (χ4n) is 3.52. The zero-order valence-electron chi connectivity index (χ0n) is 17.1. The van der Waals surface area contributed by atoms with E-state index < -0.39 is 6.10 Å². The van der Waals surface area contributed by atoms with E-state index in [1.807, 2.05) is 59.7 Å². The van der Waals surface area contributed by atoms with Gasteiger partial charge in [-0.2, -0.15) is 4.98 Å². The Morgan fingerprint density at radius 2 is 1.97 bits per heavy atom. The lowest BCUT2D eigenvalue weighted by molar-refractivity contribution is -0.139. The third kappa shape index (κ3) is 5.25. The number of para-hydroxylation sites is 1. The number of aryl methyl sites for hydroxylation is 1. The molecule has 4 rings (SSSR count). The summed E-state index contributed by atoms with van der Waals surface area (Å²) in [6, 6.07) is 13.5. The lowest BCUT2D eigenvalue weighted by Gasteiger charge is -2.35. The van der Waals surface area contributed by atoms with Crippen LogP contribution in [0.2, 0.25) is 0 Å². The monoisotopic (exact) mass is 426 g/mol. The van der Waals surface area contributed by atoms with Gasteiger partial charge < -0.3 is 14.2 Å². The average molecular weight is 427 g/mol. The second-order valence-corrected chi connectivity index (χ2v) is 8.28. The first kappa shape index (κ1) is 20.6.